The zero-order chi connectivity index (χ0) is 18.2. The van der Waals surface area contributed by atoms with E-state index < -0.39 is 0 Å². The molecule has 0 atom stereocenters. The van der Waals surface area contributed by atoms with Crippen molar-refractivity contribution in [1.82, 2.24) is 0 Å². The molecule has 6 rings (SSSR count). The van der Waals surface area contributed by atoms with Crippen LogP contribution in [0.25, 0.3) is 22.5 Å². The van der Waals surface area contributed by atoms with Crippen LogP contribution in [0.1, 0.15) is 22.3 Å². The predicted molar refractivity (Wildman–Crippen MR) is 105 cm³/mol. The summed E-state index contributed by atoms with van der Waals surface area (Å²) in [4.78, 5) is 0. The fourth-order valence-corrected chi connectivity index (χ4v) is 5.01. The Morgan fingerprint density at radius 2 is 1.07 bits per heavy atom. The predicted octanol–water partition coefficient (Wildman–Crippen LogP) is 4.14. The SMILES string of the molecule is Cc1ccc2c(c1)C1(c3cc(C)ccc3-c3cccc[n+]31)[n+]1ccccc1-2. The van der Waals surface area contributed by atoms with Crippen molar-refractivity contribution in [3.05, 3.63) is 107 Å². The van der Waals surface area contributed by atoms with Gasteiger partial charge in [0.25, 0.3) is 0 Å². The lowest BCUT2D eigenvalue weighted by molar-refractivity contribution is -0.955. The van der Waals surface area contributed by atoms with Crippen molar-refractivity contribution < 1.29 is 9.13 Å². The Balaban J connectivity index is 1.88. The number of pyridine rings is 2. The molecule has 2 aromatic heterocycles. The van der Waals surface area contributed by atoms with E-state index in [4.69, 9.17) is 0 Å². The van der Waals surface area contributed by atoms with E-state index in [1.807, 2.05) is 0 Å². The second kappa shape index (κ2) is 4.92. The topological polar surface area (TPSA) is 7.76 Å². The molecular weight excluding hydrogens is 328 g/mol. The van der Waals surface area contributed by atoms with Crippen LogP contribution in [-0.2, 0) is 5.66 Å². The van der Waals surface area contributed by atoms with Crippen molar-refractivity contribution >= 4 is 0 Å². The zero-order valence-electron chi connectivity index (χ0n) is 15.5. The Labute approximate surface area is 159 Å². The maximum Gasteiger partial charge on any atom is 0.417 e. The lowest BCUT2D eigenvalue weighted by atomic mass is 9.88. The minimum Gasteiger partial charge on any atom is -0.126 e. The molecule has 2 heteroatoms. The quantitative estimate of drug-likeness (QED) is 0.365. The van der Waals surface area contributed by atoms with Gasteiger partial charge in [-0.25, -0.2) is 0 Å². The first-order valence-electron chi connectivity index (χ1n) is 9.46. The Hall–Kier alpha value is -3.26. The van der Waals surface area contributed by atoms with Crippen LogP contribution in [0.4, 0.5) is 0 Å². The van der Waals surface area contributed by atoms with Gasteiger partial charge in [-0.3, -0.25) is 0 Å². The summed E-state index contributed by atoms with van der Waals surface area (Å²) in [5.41, 5.74) is 10.1. The van der Waals surface area contributed by atoms with E-state index in [0.717, 1.165) is 0 Å². The highest BCUT2D eigenvalue weighted by Gasteiger charge is 2.66. The molecule has 0 radical (unpaired) electrons. The largest absolute Gasteiger partial charge is 0.417 e. The van der Waals surface area contributed by atoms with Gasteiger partial charge in [0.15, 0.2) is 12.4 Å². The first-order chi connectivity index (χ1) is 13.2. The Kier molecular flexibility index (Phi) is 2.71. The first kappa shape index (κ1) is 14.9. The lowest BCUT2D eigenvalue weighted by Crippen LogP contribution is -2.71. The third-order valence-electron chi connectivity index (χ3n) is 6.07. The summed E-state index contributed by atoms with van der Waals surface area (Å²) in [6.45, 7) is 4.37. The number of aryl methyl sites for hydroxylation is 2. The fraction of sp³-hybridized carbons (Fsp3) is 0.120. The van der Waals surface area contributed by atoms with E-state index in [1.165, 1.54) is 44.8 Å². The van der Waals surface area contributed by atoms with Crippen LogP contribution in [0, 0.1) is 13.8 Å². The van der Waals surface area contributed by atoms with Crippen LogP contribution in [0.2, 0.25) is 0 Å². The smallest absolute Gasteiger partial charge is 0.126 e. The average molecular weight is 348 g/mol. The molecule has 0 aliphatic carbocycles. The molecule has 4 aromatic rings. The van der Waals surface area contributed by atoms with Crippen LogP contribution < -0.4 is 9.13 Å². The molecule has 0 saturated carbocycles. The molecule has 128 valence electrons. The van der Waals surface area contributed by atoms with Gasteiger partial charge in [0, 0.05) is 24.3 Å². The van der Waals surface area contributed by atoms with Gasteiger partial charge in [0.05, 0.1) is 11.1 Å². The maximum atomic E-state index is 2.45. The molecular formula is C25H20N2+2. The van der Waals surface area contributed by atoms with Gasteiger partial charge >= 0.3 is 5.66 Å². The number of aromatic nitrogens is 2. The highest BCUT2D eigenvalue weighted by atomic mass is 15.3. The number of nitrogens with zero attached hydrogens (tertiary/aromatic N) is 2. The standard InChI is InChI=1S/C25H20N2/c1-17-9-11-19-21(15-17)25(26-13-5-3-7-23(19)26)22-16-18(2)10-12-20(22)24-8-4-6-14-27(24)25/h3-16H,1-2H3/q+2. The fourth-order valence-electron chi connectivity index (χ4n) is 5.01. The average Bonchev–Trinajstić information content (AvgIpc) is 3.14. The van der Waals surface area contributed by atoms with Crippen molar-refractivity contribution in [2.45, 2.75) is 19.5 Å². The number of hydrogen-bond acceptors (Lipinski definition) is 0. The molecule has 2 nitrogen and oxygen atoms in total. The molecule has 4 heterocycles. The number of hydrogen-bond donors (Lipinski definition) is 0. The van der Waals surface area contributed by atoms with Gasteiger partial charge in [-0.15, -0.1) is 9.13 Å². The molecule has 2 aromatic carbocycles. The van der Waals surface area contributed by atoms with E-state index in [1.54, 1.807) is 0 Å². The van der Waals surface area contributed by atoms with E-state index >= 15 is 0 Å². The molecule has 2 aliphatic heterocycles. The van der Waals surface area contributed by atoms with Crippen molar-refractivity contribution in [3.63, 3.8) is 0 Å². The minimum absolute atomic E-state index is 0.365. The maximum absolute atomic E-state index is 2.45. The second-order valence-corrected chi connectivity index (χ2v) is 7.68. The molecule has 2 aliphatic rings. The minimum atomic E-state index is -0.365. The second-order valence-electron chi connectivity index (χ2n) is 7.68. The Morgan fingerprint density at radius 3 is 1.56 bits per heavy atom. The van der Waals surface area contributed by atoms with Crippen molar-refractivity contribution in [3.8, 4) is 22.5 Å². The third-order valence-corrected chi connectivity index (χ3v) is 6.07. The van der Waals surface area contributed by atoms with Crippen LogP contribution in [-0.4, -0.2) is 0 Å². The summed E-state index contributed by atoms with van der Waals surface area (Å²) in [5, 5.41) is 0. The molecule has 0 N–H and O–H groups in total. The van der Waals surface area contributed by atoms with E-state index in [0.29, 0.717) is 0 Å². The molecule has 0 bridgehead atoms. The molecule has 27 heavy (non-hydrogen) atoms. The monoisotopic (exact) mass is 348 g/mol. The number of rotatable bonds is 0. The van der Waals surface area contributed by atoms with Crippen LogP contribution in [0.3, 0.4) is 0 Å². The molecule has 1 spiro atoms. The zero-order valence-corrected chi connectivity index (χ0v) is 15.5. The van der Waals surface area contributed by atoms with Crippen molar-refractivity contribution in [2.75, 3.05) is 0 Å². The summed E-state index contributed by atoms with van der Waals surface area (Å²) >= 11 is 0. The summed E-state index contributed by atoms with van der Waals surface area (Å²) in [7, 11) is 0. The molecule has 0 amide bonds. The van der Waals surface area contributed by atoms with Gasteiger partial charge in [-0.1, -0.05) is 23.3 Å². The molecule has 0 saturated heterocycles. The van der Waals surface area contributed by atoms with Crippen molar-refractivity contribution in [2.24, 2.45) is 0 Å². The lowest BCUT2D eigenvalue weighted by Gasteiger charge is -2.17. The third kappa shape index (κ3) is 1.66. The van der Waals surface area contributed by atoms with E-state index in [9.17, 15) is 0 Å². The number of benzene rings is 2. The normalized spacial score (nSPS) is 14.6. The molecule has 0 fully saturated rings. The van der Waals surface area contributed by atoms with Crippen molar-refractivity contribution in [1.29, 1.82) is 0 Å². The van der Waals surface area contributed by atoms with Crippen LogP contribution in [0.5, 0.6) is 0 Å². The molecule has 0 unspecified atom stereocenters. The van der Waals surface area contributed by atoms with Gasteiger partial charge in [0.1, 0.15) is 11.1 Å². The summed E-state index contributed by atoms with van der Waals surface area (Å²) < 4.78 is 4.90. The highest BCUT2D eigenvalue weighted by Crippen LogP contribution is 2.46. The Bertz CT molecular complexity index is 1150. The summed E-state index contributed by atoms with van der Waals surface area (Å²) in [6, 6.07) is 26.8. The van der Waals surface area contributed by atoms with Gasteiger partial charge in [-0.2, -0.15) is 0 Å². The summed E-state index contributed by atoms with van der Waals surface area (Å²) in [5.74, 6) is 0. The van der Waals surface area contributed by atoms with Gasteiger partial charge in [-0.05, 0) is 50.2 Å². The first-order valence-corrected chi connectivity index (χ1v) is 9.46. The van der Waals surface area contributed by atoms with E-state index in [-0.39, 0.29) is 5.66 Å². The van der Waals surface area contributed by atoms with Gasteiger partial charge in [0.2, 0.25) is 11.4 Å². The number of fused-ring (bicyclic) bond motifs is 10. The van der Waals surface area contributed by atoms with Crippen LogP contribution in [0.15, 0.2) is 85.2 Å². The highest BCUT2D eigenvalue weighted by molar-refractivity contribution is 5.74. The van der Waals surface area contributed by atoms with E-state index in [2.05, 4.69) is 108 Å². The Morgan fingerprint density at radius 1 is 0.593 bits per heavy atom. The van der Waals surface area contributed by atoms with Gasteiger partial charge < -0.3 is 0 Å². The summed E-state index contributed by atoms with van der Waals surface area (Å²) in [6.07, 6.45) is 4.46. The van der Waals surface area contributed by atoms with Crippen LogP contribution >= 0.6 is 0 Å².